The maximum Gasteiger partial charge on any atom is 0.126 e. The lowest BCUT2D eigenvalue weighted by Gasteiger charge is -2.25. The molecule has 0 saturated carbocycles. The molecule has 1 atom stereocenters. The Morgan fingerprint density at radius 3 is 2.83 bits per heavy atom. The first-order valence-corrected chi connectivity index (χ1v) is 6.67. The van der Waals surface area contributed by atoms with Crippen LogP contribution < -0.4 is 4.74 Å². The van der Waals surface area contributed by atoms with Gasteiger partial charge in [-0.25, -0.2) is 0 Å². The van der Waals surface area contributed by atoms with Gasteiger partial charge in [0.1, 0.15) is 5.75 Å². The number of hydrogen-bond donors (Lipinski definition) is 1. The van der Waals surface area contributed by atoms with Crippen LogP contribution >= 0.6 is 11.6 Å². The smallest absolute Gasteiger partial charge is 0.126 e. The van der Waals surface area contributed by atoms with E-state index in [1.807, 2.05) is 6.07 Å². The SMILES string of the molecule is COc1cc(Cl)ccc1C(O)CC1CCOCC1. The van der Waals surface area contributed by atoms with E-state index in [0.717, 1.165) is 38.0 Å². The van der Waals surface area contributed by atoms with Crippen molar-refractivity contribution in [3.05, 3.63) is 28.8 Å². The second-order valence-electron chi connectivity index (χ2n) is 4.69. The van der Waals surface area contributed by atoms with Crippen LogP contribution in [0.15, 0.2) is 18.2 Å². The van der Waals surface area contributed by atoms with Gasteiger partial charge in [0.15, 0.2) is 0 Å². The largest absolute Gasteiger partial charge is 0.496 e. The van der Waals surface area contributed by atoms with Crippen LogP contribution in [0.1, 0.15) is 30.9 Å². The van der Waals surface area contributed by atoms with Crippen molar-refractivity contribution in [3.63, 3.8) is 0 Å². The van der Waals surface area contributed by atoms with Gasteiger partial charge in [0.05, 0.1) is 13.2 Å². The predicted molar refractivity (Wildman–Crippen MR) is 71.1 cm³/mol. The molecule has 0 amide bonds. The maximum absolute atomic E-state index is 10.3. The summed E-state index contributed by atoms with van der Waals surface area (Å²) in [6, 6.07) is 5.36. The lowest BCUT2D eigenvalue weighted by Crippen LogP contribution is -2.18. The summed E-state index contributed by atoms with van der Waals surface area (Å²) in [6.07, 6.45) is 2.29. The molecule has 100 valence electrons. The Kier molecular flexibility index (Phi) is 4.87. The Labute approximate surface area is 113 Å². The first-order chi connectivity index (χ1) is 8.70. The molecule has 1 saturated heterocycles. The third-order valence-corrected chi connectivity index (χ3v) is 3.69. The van der Waals surface area contributed by atoms with E-state index in [0.29, 0.717) is 16.7 Å². The molecule has 0 radical (unpaired) electrons. The molecule has 0 aliphatic carbocycles. The zero-order valence-corrected chi connectivity index (χ0v) is 11.3. The van der Waals surface area contributed by atoms with E-state index in [1.165, 1.54) is 0 Å². The number of benzene rings is 1. The van der Waals surface area contributed by atoms with Gasteiger partial charge in [0.25, 0.3) is 0 Å². The predicted octanol–water partition coefficient (Wildman–Crippen LogP) is 3.20. The van der Waals surface area contributed by atoms with E-state index in [-0.39, 0.29) is 0 Å². The number of aliphatic hydroxyl groups excluding tert-OH is 1. The van der Waals surface area contributed by atoms with Crippen LogP contribution in [0, 0.1) is 5.92 Å². The monoisotopic (exact) mass is 270 g/mol. The van der Waals surface area contributed by atoms with Crippen molar-refractivity contribution >= 4 is 11.6 Å². The fourth-order valence-corrected chi connectivity index (χ4v) is 2.55. The van der Waals surface area contributed by atoms with Crippen LogP contribution in [0.25, 0.3) is 0 Å². The molecular formula is C14H19ClO3. The highest BCUT2D eigenvalue weighted by Crippen LogP contribution is 2.33. The molecule has 2 rings (SSSR count). The van der Waals surface area contributed by atoms with E-state index in [9.17, 15) is 5.11 Å². The summed E-state index contributed by atoms with van der Waals surface area (Å²) >= 11 is 5.91. The topological polar surface area (TPSA) is 38.7 Å². The molecule has 1 aromatic rings. The number of halogens is 1. The average molecular weight is 271 g/mol. The molecule has 1 N–H and O–H groups in total. The minimum Gasteiger partial charge on any atom is -0.496 e. The molecule has 0 aromatic heterocycles. The Bertz CT molecular complexity index is 389. The van der Waals surface area contributed by atoms with E-state index < -0.39 is 6.10 Å². The molecule has 1 aliphatic rings. The average Bonchev–Trinajstić information content (AvgIpc) is 2.39. The van der Waals surface area contributed by atoms with Crippen molar-refractivity contribution in [2.75, 3.05) is 20.3 Å². The summed E-state index contributed by atoms with van der Waals surface area (Å²) in [5.74, 6) is 1.18. The van der Waals surface area contributed by atoms with Gasteiger partial charge in [0.2, 0.25) is 0 Å². The van der Waals surface area contributed by atoms with E-state index in [4.69, 9.17) is 21.1 Å². The summed E-state index contributed by atoms with van der Waals surface area (Å²) in [6.45, 7) is 1.60. The second-order valence-corrected chi connectivity index (χ2v) is 5.13. The number of methoxy groups -OCH3 is 1. The van der Waals surface area contributed by atoms with Gasteiger partial charge in [-0.2, -0.15) is 0 Å². The van der Waals surface area contributed by atoms with Crippen molar-refractivity contribution in [1.82, 2.24) is 0 Å². The van der Waals surface area contributed by atoms with Crippen LogP contribution in [0.5, 0.6) is 5.75 Å². The highest BCUT2D eigenvalue weighted by Gasteiger charge is 2.21. The lowest BCUT2D eigenvalue weighted by molar-refractivity contribution is 0.0430. The molecule has 3 nitrogen and oxygen atoms in total. The van der Waals surface area contributed by atoms with E-state index in [2.05, 4.69) is 0 Å². The molecule has 1 heterocycles. The molecule has 1 aromatic carbocycles. The maximum atomic E-state index is 10.3. The molecular weight excluding hydrogens is 252 g/mol. The number of hydrogen-bond acceptors (Lipinski definition) is 3. The molecule has 0 spiro atoms. The van der Waals surface area contributed by atoms with Gasteiger partial charge in [0, 0.05) is 23.8 Å². The zero-order chi connectivity index (χ0) is 13.0. The van der Waals surface area contributed by atoms with E-state index >= 15 is 0 Å². The molecule has 18 heavy (non-hydrogen) atoms. The fraction of sp³-hybridized carbons (Fsp3) is 0.571. The standard InChI is InChI=1S/C14H19ClO3/c1-17-14-9-11(15)2-3-12(14)13(16)8-10-4-6-18-7-5-10/h2-3,9-10,13,16H,4-8H2,1H3. The quantitative estimate of drug-likeness (QED) is 0.913. The van der Waals surface area contributed by atoms with Gasteiger partial charge in [-0.3, -0.25) is 0 Å². The van der Waals surface area contributed by atoms with Crippen molar-refractivity contribution in [3.8, 4) is 5.75 Å². The van der Waals surface area contributed by atoms with Gasteiger partial charge in [-0.1, -0.05) is 17.7 Å². The highest BCUT2D eigenvalue weighted by molar-refractivity contribution is 6.30. The summed E-state index contributed by atoms with van der Waals surface area (Å²) < 4.78 is 10.6. The van der Waals surface area contributed by atoms with Gasteiger partial charge in [-0.15, -0.1) is 0 Å². The third kappa shape index (κ3) is 3.37. The van der Waals surface area contributed by atoms with Crippen LogP contribution in [0.4, 0.5) is 0 Å². The fourth-order valence-electron chi connectivity index (χ4n) is 2.39. The van der Waals surface area contributed by atoms with Crippen LogP contribution in [-0.4, -0.2) is 25.4 Å². The Balaban J connectivity index is 2.05. The molecule has 1 unspecified atom stereocenters. The second kappa shape index (κ2) is 6.41. The van der Waals surface area contributed by atoms with Crippen molar-refractivity contribution in [1.29, 1.82) is 0 Å². The number of ether oxygens (including phenoxy) is 2. The number of aliphatic hydroxyl groups is 1. The first kappa shape index (κ1) is 13.7. The number of rotatable bonds is 4. The van der Waals surface area contributed by atoms with Crippen molar-refractivity contribution in [2.24, 2.45) is 5.92 Å². The molecule has 0 bridgehead atoms. The Morgan fingerprint density at radius 1 is 1.44 bits per heavy atom. The zero-order valence-electron chi connectivity index (χ0n) is 10.6. The summed E-state index contributed by atoms with van der Waals surface area (Å²) in [4.78, 5) is 0. The van der Waals surface area contributed by atoms with Gasteiger partial charge in [-0.05, 0) is 37.3 Å². The molecule has 1 fully saturated rings. The minimum atomic E-state index is -0.500. The Morgan fingerprint density at radius 2 is 2.17 bits per heavy atom. The normalized spacial score (nSPS) is 18.6. The third-order valence-electron chi connectivity index (χ3n) is 3.45. The highest BCUT2D eigenvalue weighted by atomic mass is 35.5. The minimum absolute atomic E-state index is 0.500. The summed E-state index contributed by atoms with van der Waals surface area (Å²) in [5, 5.41) is 10.9. The lowest BCUT2D eigenvalue weighted by atomic mass is 9.91. The van der Waals surface area contributed by atoms with Crippen LogP contribution in [0.2, 0.25) is 5.02 Å². The van der Waals surface area contributed by atoms with Crippen LogP contribution in [0.3, 0.4) is 0 Å². The summed E-state index contributed by atoms with van der Waals surface area (Å²) in [5.41, 5.74) is 0.813. The Hall–Kier alpha value is -0.770. The van der Waals surface area contributed by atoms with Crippen molar-refractivity contribution in [2.45, 2.75) is 25.4 Å². The van der Waals surface area contributed by atoms with Crippen LogP contribution in [-0.2, 0) is 4.74 Å². The summed E-state index contributed by atoms with van der Waals surface area (Å²) in [7, 11) is 1.59. The van der Waals surface area contributed by atoms with Gasteiger partial charge < -0.3 is 14.6 Å². The van der Waals surface area contributed by atoms with Gasteiger partial charge >= 0.3 is 0 Å². The first-order valence-electron chi connectivity index (χ1n) is 6.30. The molecule has 1 aliphatic heterocycles. The van der Waals surface area contributed by atoms with Crippen molar-refractivity contribution < 1.29 is 14.6 Å². The molecule has 4 heteroatoms. The van der Waals surface area contributed by atoms with E-state index in [1.54, 1.807) is 19.2 Å².